The second-order valence-electron chi connectivity index (χ2n) is 5.41. The van der Waals surface area contributed by atoms with Crippen LogP contribution < -0.4 is 5.32 Å². The summed E-state index contributed by atoms with van der Waals surface area (Å²) >= 11 is 5.28. The standard InChI is InChI=1S/C14H17BrINO3/c1-13(2,3)20-12(19)17-14(16,9-18)8-10-4-6-11(15)7-5-10/h4-7,9H,8H2,1-3H3,(H,17,19)/t14-/m0/s1. The summed E-state index contributed by atoms with van der Waals surface area (Å²) < 4.78 is 5.12. The number of hydrogen-bond acceptors (Lipinski definition) is 3. The molecule has 0 aliphatic carbocycles. The Balaban J connectivity index is 2.74. The minimum atomic E-state index is -1.02. The lowest BCUT2D eigenvalue weighted by Crippen LogP contribution is -2.48. The second kappa shape index (κ2) is 6.89. The topological polar surface area (TPSA) is 55.4 Å². The van der Waals surface area contributed by atoms with Gasteiger partial charge in [-0.3, -0.25) is 4.79 Å². The third-order valence-corrected chi connectivity index (χ3v) is 3.70. The van der Waals surface area contributed by atoms with Gasteiger partial charge >= 0.3 is 6.09 Å². The number of ether oxygens (including phenoxy) is 1. The monoisotopic (exact) mass is 453 g/mol. The number of nitrogens with one attached hydrogen (secondary N) is 1. The summed E-state index contributed by atoms with van der Waals surface area (Å²) in [5, 5.41) is 2.61. The van der Waals surface area contributed by atoms with E-state index in [9.17, 15) is 9.59 Å². The average Bonchev–Trinajstić information content (AvgIpc) is 2.29. The molecular weight excluding hydrogens is 437 g/mol. The quantitative estimate of drug-likeness (QED) is 0.326. The van der Waals surface area contributed by atoms with Crippen LogP contribution in [-0.4, -0.2) is 21.5 Å². The third kappa shape index (κ3) is 6.21. The van der Waals surface area contributed by atoms with Gasteiger partial charge < -0.3 is 10.1 Å². The smallest absolute Gasteiger partial charge is 0.409 e. The number of amides is 1. The number of benzene rings is 1. The van der Waals surface area contributed by atoms with E-state index >= 15 is 0 Å². The highest BCUT2D eigenvalue weighted by Gasteiger charge is 2.30. The Bertz CT molecular complexity index is 484. The predicted octanol–water partition coefficient (Wildman–Crippen LogP) is 3.85. The molecule has 1 aromatic rings. The van der Waals surface area contributed by atoms with Crippen molar-refractivity contribution in [1.82, 2.24) is 5.32 Å². The molecule has 20 heavy (non-hydrogen) atoms. The molecule has 0 bridgehead atoms. The first-order valence-corrected chi connectivity index (χ1v) is 7.91. The van der Waals surface area contributed by atoms with Crippen molar-refractivity contribution >= 4 is 50.9 Å². The molecule has 0 aromatic heterocycles. The van der Waals surface area contributed by atoms with Crippen molar-refractivity contribution in [3.8, 4) is 0 Å². The third-order valence-electron chi connectivity index (χ3n) is 2.27. The molecular formula is C14H17BrINO3. The van der Waals surface area contributed by atoms with Gasteiger partial charge in [-0.15, -0.1) is 0 Å². The fourth-order valence-corrected chi connectivity index (χ4v) is 2.41. The zero-order chi connectivity index (χ0) is 15.4. The fourth-order valence-electron chi connectivity index (χ4n) is 1.49. The highest BCUT2D eigenvalue weighted by atomic mass is 127. The number of hydrogen-bond donors (Lipinski definition) is 1. The molecule has 0 radical (unpaired) electrons. The van der Waals surface area contributed by atoms with Gasteiger partial charge in [0.15, 0.2) is 9.83 Å². The molecule has 0 aliphatic rings. The SMILES string of the molecule is CC(C)(C)OC(=O)N[C@](I)(C=O)Cc1ccc(Br)cc1. The average molecular weight is 454 g/mol. The Morgan fingerprint density at radius 1 is 1.35 bits per heavy atom. The van der Waals surface area contributed by atoms with E-state index in [1.165, 1.54) is 0 Å². The van der Waals surface area contributed by atoms with Crippen LogP contribution in [-0.2, 0) is 16.0 Å². The number of alkyl carbamates (subject to hydrolysis) is 1. The molecule has 0 aliphatic heterocycles. The lowest BCUT2D eigenvalue weighted by atomic mass is 10.1. The van der Waals surface area contributed by atoms with Crippen LogP contribution in [0.1, 0.15) is 26.3 Å². The van der Waals surface area contributed by atoms with Gasteiger partial charge in [-0.2, -0.15) is 0 Å². The van der Waals surface area contributed by atoms with E-state index in [1.54, 1.807) is 20.8 Å². The Morgan fingerprint density at radius 2 is 1.90 bits per heavy atom. The molecule has 1 atom stereocenters. The Hall–Kier alpha value is -0.630. The highest BCUT2D eigenvalue weighted by molar-refractivity contribution is 14.1. The molecule has 1 amide bonds. The summed E-state index contributed by atoms with van der Waals surface area (Å²) in [6.45, 7) is 5.32. The number of halogens is 2. The van der Waals surface area contributed by atoms with Crippen molar-refractivity contribution in [2.45, 2.75) is 36.3 Å². The summed E-state index contributed by atoms with van der Waals surface area (Å²) in [6.07, 6.45) is 0.513. The van der Waals surface area contributed by atoms with Gasteiger partial charge in [0.05, 0.1) is 0 Å². The number of rotatable bonds is 4. The van der Waals surface area contributed by atoms with Crippen LogP contribution >= 0.6 is 38.5 Å². The van der Waals surface area contributed by atoms with Crippen LogP contribution in [0.4, 0.5) is 4.79 Å². The van der Waals surface area contributed by atoms with E-state index in [1.807, 2.05) is 46.9 Å². The predicted molar refractivity (Wildman–Crippen MR) is 90.0 cm³/mol. The minimum absolute atomic E-state index is 0.392. The van der Waals surface area contributed by atoms with Gasteiger partial charge in [0.1, 0.15) is 5.60 Å². The molecule has 1 rings (SSSR count). The Labute approximate surface area is 140 Å². The summed E-state index contributed by atoms with van der Waals surface area (Å²) in [5.41, 5.74) is 0.355. The lowest BCUT2D eigenvalue weighted by molar-refractivity contribution is -0.110. The first-order chi connectivity index (χ1) is 9.13. The molecule has 1 N–H and O–H groups in total. The Kier molecular flexibility index (Phi) is 6.00. The summed E-state index contributed by atoms with van der Waals surface area (Å²) in [6, 6.07) is 7.59. The molecule has 6 heteroatoms. The van der Waals surface area contributed by atoms with E-state index in [0.717, 1.165) is 16.3 Å². The van der Waals surface area contributed by atoms with Crippen molar-refractivity contribution in [2.75, 3.05) is 0 Å². The van der Waals surface area contributed by atoms with Gasteiger partial charge in [0.25, 0.3) is 0 Å². The number of carbonyl (C=O) groups excluding carboxylic acids is 2. The van der Waals surface area contributed by atoms with E-state index in [-0.39, 0.29) is 0 Å². The van der Waals surface area contributed by atoms with E-state index in [0.29, 0.717) is 6.42 Å². The van der Waals surface area contributed by atoms with Crippen LogP contribution in [0.2, 0.25) is 0 Å². The first kappa shape index (κ1) is 17.4. The molecule has 0 unspecified atom stereocenters. The molecule has 0 heterocycles. The molecule has 0 saturated carbocycles. The highest BCUT2D eigenvalue weighted by Crippen LogP contribution is 2.21. The zero-order valence-corrected chi connectivity index (χ0v) is 15.3. The Morgan fingerprint density at radius 3 is 2.35 bits per heavy atom. The van der Waals surface area contributed by atoms with Crippen LogP contribution in [0.5, 0.6) is 0 Å². The molecule has 0 spiro atoms. The first-order valence-electron chi connectivity index (χ1n) is 6.04. The van der Waals surface area contributed by atoms with Crippen molar-refractivity contribution in [2.24, 2.45) is 0 Å². The maximum atomic E-state index is 11.8. The molecule has 0 saturated heterocycles. The van der Waals surface area contributed by atoms with Gasteiger partial charge in [0, 0.05) is 10.9 Å². The summed E-state index contributed by atoms with van der Waals surface area (Å²) in [4.78, 5) is 23.1. The van der Waals surface area contributed by atoms with Gasteiger partial charge in [-0.05, 0) is 61.1 Å². The normalized spacial score (nSPS) is 14.2. The largest absolute Gasteiger partial charge is 0.444 e. The fraction of sp³-hybridized carbons (Fsp3) is 0.429. The summed E-state index contributed by atoms with van der Waals surface area (Å²) in [5.74, 6) is 0. The molecule has 1 aromatic carbocycles. The minimum Gasteiger partial charge on any atom is -0.444 e. The van der Waals surface area contributed by atoms with E-state index in [2.05, 4.69) is 21.2 Å². The number of aldehydes is 1. The maximum absolute atomic E-state index is 11.8. The van der Waals surface area contributed by atoms with E-state index in [4.69, 9.17) is 4.74 Å². The van der Waals surface area contributed by atoms with E-state index < -0.39 is 15.2 Å². The van der Waals surface area contributed by atoms with Crippen molar-refractivity contribution in [3.05, 3.63) is 34.3 Å². The van der Waals surface area contributed by atoms with Gasteiger partial charge in [0.2, 0.25) is 0 Å². The molecule has 0 fully saturated rings. The van der Waals surface area contributed by atoms with Crippen LogP contribution in [0.25, 0.3) is 0 Å². The van der Waals surface area contributed by atoms with Gasteiger partial charge in [-0.1, -0.05) is 28.1 Å². The van der Waals surface area contributed by atoms with Crippen molar-refractivity contribution in [3.63, 3.8) is 0 Å². The van der Waals surface area contributed by atoms with Crippen LogP contribution in [0.3, 0.4) is 0 Å². The number of carbonyl (C=O) groups is 2. The van der Waals surface area contributed by atoms with Gasteiger partial charge in [-0.25, -0.2) is 4.79 Å². The second-order valence-corrected chi connectivity index (χ2v) is 8.25. The van der Waals surface area contributed by atoms with Crippen molar-refractivity contribution < 1.29 is 14.3 Å². The van der Waals surface area contributed by atoms with Crippen LogP contribution in [0.15, 0.2) is 28.7 Å². The molecule has 4 nitrogen and oxygen atoms in total. The van der Waals surface area contributed by atoms with Crippen LogP contribution in [0, 0.1) is 0 Å². The zero-order valence-electron chi connectivity index (χ0n) is 11.6. The number of alkyl halides is 1. The molecule has 110 valence electrons. The lowest BCUT2D eigenvalue weighted by Gasteiger charge is -2.26. The summed E-state index contributed by atoms with van der Waals surface area (Å²) in [7, 11) is 0. The maximum Gasteiger partial charge on any atom is 0.409 e. The van der Waals surface area contributed by atoms with Crippen molar-refractivity contribution in [1.29, 1.82) is 0 Å².